The van der Waals surface area contributed by atoms with Crippen LogP contribution in [-0.4, -0.2) is 46.9 Å². The molecule has 2 fully saturated rings. The Labute approximate surface area is 172 Å². The van der Waals surface area contributed by atoms with Crippen LogP contribution < -0.4 is 0 Å². The van der Waals surface area contributed by atoms with E-state index in [1.165, 1.54) is 18.6 Å². The Hall–Kier alpha value is -2.27. The number of hydrogen-bond donors (Lipinski definition) is 0. The van der Waals surface area contributed by atoms with Crippen LogP contribution in [0.5, 0.6) is 0 Å². The molecule has 1 aromatic carbocycles. The third-order valence-electron chi connectivity index (χ3n) is 6.50. The zero-order valence-electron chi connectivity index (χ0n) is 17.0. The molecule has 1 aliphatic heterocycles. The molecule has 0 atom stereocenters. The molecule has 0 bridgehead atoms. The van der Waals surface area contributed by atoms with E-state index in [0.29, 0.717) is 0 Å². The van der Waals surface area contributed by atoms with E-state index in [0.717, 1.165) is 76.1 Å². The lowest BCUT2D eigenvalue weighted by molar-refractivity contribution is -0.138. The van der Waals surface area contributed by atoms with Crippen LogP contribution in [-0.2, 0) is 16.8 Å². The SMILES string of the molecule is O=C(N1CCCN(Cc2ccccn2)CC1)C1(c2ccc(F)cc2)CCCCC1. The van der Waals surface area contributed by atoms with Gasteiger partial charge in [-0.25, -0.2) is 4.39 Å². The van der Waals surface area contributed by atoms with Crippen molar-refractivity contribution in [2.75, 3.05) is 26.2 Å². The van der Waals surface area contributed by atoms with Gasteiger partial charge in [0.05, 0.1) is 11.1 Å². The molecule has 2 heterocycles. The molecule has 5 heteroatoms. The maximum atomic E-state index is 13.8. The number of carbonyl (C=O) groups excluding carboxylic acids is 1. The fourth-order valence-electron chi connectivity index (χ4n) is 4.91. The van der Waals surface area contributed by atoms with Crippen LogP contribution in [0.25, 0.3) is 0 Å². The summed E-state index contributed by atoms with van der Waals surface area (Å²) in [5, 5.41) is 0. The van der Waals surface area contributed by atoms with Gasteiger partial charge in [0.2, 0.25) is 5.91 Å². The lowest BCUT2D eigenvalue weighted by Crippen LogP contribution is -2.49. The highest BCUT2D eigenvalue weighted by atomic mass is 19.1. The van der Waals surface area contributed by atoms with E-state index in [4.69, 9.17) is 0 Å². The average molecular weight is 396 g/mol. The number of amides is 1. The van der Waals surface area contributed by atoms with Crippen molar-refractivity contribution >= 4 is 5.91 Å². The predicted octanol–water partition coefficient (Wildman–Crippen LogP) is 4.16. The number of carbonyl (C=O) groups is 1. The van der Waals surface area contributed by atoms with Crippen LogP contribution in [0.2, 0.25) is 0 Å². The highest BCUT2D eigenvalue weighted by Gasteiger charge is 2.43. The highest BCUT2D eigenvalue weighted by Crippen LogP contribution is 2.41. The van der Waals surface area contributed by atoms with Crippen molar-refractivity contribution < 1.29 is 9.18 Å². The van der Waals surface area contributed by atoms with Crippen molar-refractivity contribution in [3.05, 3.63) is 65.7 Å². The van der Waals surface area contributed by atoms with Crippen molar-refractivity contribution in [2.24, 2.45) is 0 Å². The second kappa shape index (κ2) is 9.04. The normalized spacial score (nSPS) is 20.2. The summed E-state index contributed by atoms with van der Waals surface area (Å²) < 4.78 is 13.5. The van der Waals surface area contributed by atoms with Gasteiger partial charge in [-0.05, 0) is 49.1 Å². The highest BCUT2D eigenvalue weighted by molar-refractivity contribution is 5.88. The molecule has 29 heavy (non-hydrogen) atoms. The molecule has 0 N–H and O–H groups in total. The molecule has 4 rings (SSSR count). The third-order valence-corrected chi connectivity index (χ3v) is 6.50. The molecule has 1 saturated heterocycles. The van der Waals surface area contributed by atoms with Crippen molar-refractivity contribution in [3.8, 4) is 0 Å². The molecule has 1 saturated carbocycles. The minimum Gasteiger partial charge on any atom is -0.341 e. The van der Waals surface area contributed by atoms with Gasteiger partial charge in [0.15, 0.2) is 0 Å². The molecule has 2 aromatic rings. The van der Waals surface area contributed by atoms with Gasteiger partial charge < -0.3 is 4.90 Å². The summed E-state index contributed by atoms with van der Waals surface area (Å²) in [6.45, 7) is 4.20. The van der Waals surface area contributed by atoms with Gasteiger partial charge in [-0.3, -0.25) is 14.7 Å². The van der Waals surface area contributed by atoms with Crippen molar-refractivity contribution in [3.63, 3.8) is 0 Å². The average Bonchev–Trinajstić information content (AvgIpc) is 3.00. The van der Waals surface area contributed by atoms with Crippen LogP contribution in [0.1, 0.15) is 49.8 Å². The molecular weight excluding hydrogens is 365 g/mol. The number of nitrogens with zero attached hydrogens (tertiary/aromatic N) is 3. The van der Waals surface area contributed by atoms with Gasteiger partial charge in [-0.2, -0.15) is 0 Å². The number of benzene rings is 1. The van der Waals surface area contributed by atoms with Crippen LogP contribution in [0.15, 0.2) is 48.7 Å². The molecule has 0 unspecified atom stereocenters. The molecular formula is C24H30FN3O. The predicted molar refractivity (Wildman–Crippen MR) is 112 cm³/mol. The fraction of sp³-hybridized carbons (Fsp3) is 0.500. The van der Waals surface area contributed by atoms with E-state index >= 15 is 0 Å². The van der Waals surface area contributed by atoms with Crippen molar-refractivity contribution in [1.82, 2.24) is 14.8 Å². The Morgan fingerprint density at radius 1 is 0.931 bits per heavy atom. The Bertz CT molecular complexity index is 803. The van der Waals surface area contributed by atoms with E-state index in [1.54, 1.807) is 0 Å². The van der Waals surface area contributed by atoms with Gasteiger partial charge in [0.25, 0.3) is 0 Å². The van der Waals surface area contributed by atoms with Crippen LogP contribution in [0, 0.1) is 5.82 Å². The van der Waals surface area contributed by atoms with E-state index in [2.05, 4.69) is 20.9 Å². The smallest absolute Gasteiger partial charge is 0.233 e. The first-order valence-electron chi connectivity index (χ1n) is 10.9. The molecule has 0 spiro atoms. The quantitative estimate of drug-likeness (QED) is 0.780. The minimum absolute atomic E-state index is 0.239. The van der Waals surface area contributed by atoms with E-state index < -0.39 is 5.41 Å². The Morgan fingerprint density at radius 2 is 1.72 bits per heavy atom. The van der Waals surface area contributed by atoms with Gasteiger partial charge in [-0.1, -0.05) is 37.5 Å². The number of pyridine rings is 1. The number of halogens is 1. The second-order valence-electron chi connectivity index (χ2n) is 8.39. The first kappa shape index (κ1) is 20.0. The maximum absolute atomic E-state index is 13.8. The summed E-state index contributed by atoms with van der Waals surface area (Å²) in [6.07, 6.45) is 7.83. The van der Waals surface area contributed by atoms with Crippen LogP contribution in [0.3, 0.4) is 0 Å². The van der Waals surface area contributed by atoms with Crippen LogP contribution in [0.4, 0.5) is 4.39 Å². The first-order chi connectivity index (χ1) is 14.2. The topological polar surface area (TPSA) is 36.4 Å². The molecule has 1 aromatic heterocycles. The number of hydrogen-bond acceptors (Lipinski definition) is 3. The van der Waals surface area contributed by atoms with Crippen molar-refractivity contribution in [1.29, 1.82) is 0 Å². The number of rotatable bonds is 4. The largest absolute Gasteiger partial charge is 0.341 e. The summed E-state index contributed by atoms with van der Waals surface area (Å²) in [4.78, 5) is 22.7. The van der Waals surface area contributed by atoms with E-state index in [-0.39, 0.29) is 11.7 Å². The molecule has 1 aliphatic carbocycles. The molecule has 4 nitrogen and oxygen atoms in total. The third kappa shape index (κ3) is 4.50. The monoisotopic (exact) mass is 395 g/mol. The molecule has 1 amide bonds. The Morgan fingerprint density at radius 3 is 2.45 bits per heavy atom. The van der Waals surface area contributed by atoms with Gasteiger partial charge in [-0.15, -0.1) is 0 Å². The summed E-state index contributed by atoms with van der Waals surface area (Å²) >= 11 is 0. The van der Waals surface area contributed by atoms with Crippen LogP contribution >= 0.6 is 0 Å². The minimum atomic E-state index is -0.484. The van der Waals surface area contributed by atoms with Gasteiger partial charge in [0.1, 0.15) is 5.82 Å². The van der Waals surface area contributed by atoms with Gasteiger partial charge >= 0.3 is 0 Å². The standard InChI is InChI=1S/C24H30FN3O/c25-21-10-8-20(9-11-21)24(12-3-1-4-13-24)23(29)28-16-6-15-27(17-18-28)19-22-7-2-5-14-26-22/h2,5,7-11,14H,1,3-4,6,12-13,15-19H2. The lowest BCUT2D eigenvalue weighted by atomic mass is 9.68. The summed E-state index contributed by atoms with van der Waals surface area (Å²) in [6, 6.07) is 12.6. The lowest BCUT2D eigenvalue weighted by Gasteiger charge is -2.40. The van der Waals surface area contributed by atoms with E-state index in [1.807, 2.05) is 30.5 Å². The molecule has 154 valence electrons. The van der Waals surface area contributed by atoms with Crippen molar-refractivity contribution in [2.45, 2.75) is 50.5 Å². The molecule has 0 radical (unpaired) electrons. The Kier molecular flexibility index (Phi) is 6.24. The zero-order chi connectivity index (χ0) is 20.1. The van der Waals surface area contributed by atoms with E-state index in [9.17, 15) is 9.18 Å². The summed E-state index contributed by atoms with van der Waals surface area (Å²) in [5.74, 6) is -0.00408. The van der Waals surface area contributed by atoms with Gasteiger partial charge in [0, 0.05) is 38.9 Å². The maximum Gasteiger partial charge on any atom is 0.233 e. The molecule has 2 aliphatic rings. The Balaban J connectivity index is 1.48. The fourth-order valence-corrected chi connectivity index (χ4v) is 4.91. The summed E-state index contributed by atoms with van der Waals surface area (Å²) in [5.41, 5.74) is 1.57. The first-order valence-corrected chi connectivity index (χ1v) is 10.9. The number of aromatic nitrogens is 1. The second-order valence-corrected chi connectivity index (χ2v) is 8.39. The zero-order valence-corrected chi connectivity index (χ0v) is 17.0. The summed E-state index contributed by atoms with van der Waals surface area (Å²) in [7, 11) is 0.